The molecular weight excluding hydrogens is 247 g/mol. The summed E-state index contributed by atoms with van der Waals surface area (Å²) in [5.74, 6) is 0.233. The Kier molecular flexibility index (Phi) is 5.40. The van der Waals surface area contributed by atoms with Crippen molar-refractivity contribution in [2.45, 2.75) is 19.5 Å². The first-order chi connectivity index (χ1) is 8.31. The highest BCUT2D eigenvalue weighted by molar-refractivity contribution is 5.78. The number of amides is 1. The van der Waals surface area contributed by atoms with Crippen molar-refractivity contribution in [2.75, 3.05) is 32.7 Å². The first kappa shape index (κ1) is 15.2. The van der Waals surface area contributed by atoms with Crippen molar-refractivity contribution >= 4 is 5.91 Å². The van der Waals surface area contributed by atoms with Gasteiger partial charge in [0.05, 0.1) is 6.54 Å². The average molecular weight is 267 g/mol. The van der Waals surface area contributed by atoms with Crippen LogP contribution in [0.25, 0.3) is 0 Å². The van der Waals surface area contributed by atoms with Crippen molar-refractivity contribution in [1.29, 1.82) is 0 Å². The summed E-state index contributed by atoms with van der Waals surface area (Å²) in [6.45, 7) is 2.81. The smallest absolute Gasteiger partial charge is 0.346 e. The molecular formula is C11H20F3N3O. The van der Waals surface area contributed by atoms with Gasteiger partial charge in [0.25, 0.3) is 0 Å². The average Bonchev–Trinajstić information content (AvgIpc) is 2.28. The van der Waals surface area contributed by atoms with Crippen LogP contribution >= 0.6 is 0 Å². The molecule has 0 saturated carbocycles. The van der Waals surface area contributed by atoms with E-state index in [0.717, 1.165) is 13.0 Å². The zero-order valence-corrected chi connectivity index (χ0v) is 10.5. The molecule has 2 atom stereocenters. The van der Waals surface area contributed by atoms with Crippen molar-refractivity contribution < 1.29 is 18.0 Å². The fraction of sp³-hybridized carbons (Fsp3) is 0.909. The highest BCUT2D eigenvalue weighted by Crippen LogP contribution is 2.21. The molecule has 4 nitrogen and oxygen atoms in total. The molecule has 18 heavy (non-hydrogen) atoms. The standard InChI is InChI=1S/C11H20F3N3O/c1-8-2-3-17(5-9(8)4-15)6-10(18)16-7-11(12,13)14/h8-9H,2-7,15H2,1H3,(H,16,18). The molecule has 1 aliphatic heterocycles. The maximum absolute atomic E-state index is 11.9. The molecule has 0 aliphatic carbocycles. The summed E-state index contributed by atoms with van der Waals surface area (Å²) >= 11 is 0. The minimum absolute atomic E-state index is 0.0132. The van der Waals surface area contributed by atoms with E-state index in [0.29, 0.717) is 24.9 Å². The largest absolute Gasteiger partial charge is 0.405 e. The SMILES string of the molecule is CC1CCN(CC(=O)NCC(F)(F)F)CC1CN. The minimum atomic E-state index is -4.36. The Hall–Kier alpha value is -0.820. The second-order valence-electron chi connectivity index (χ2n) is 4.89. The molecule has 1 aliphatic rings. The molecule has 1 saturated heterocycles. The van der Waals surface area contributed by atoms with Crippen molar-refractivity contribution in [1.82, 2.24) is 10.2 Å². The summed E-state index contributed by atoms with van der Waals surface area (Å²) in [6, 6.07) is 0. The predicted molar refractivity (Wildman–Crippen MR) is 61.8 cm³/mol. The molecule has 1 heterocycles. The zero-order chi connectivity index (χ0) is 13.8. The van der Waals surface area contributed by atoms with Gasteiger partial charge in [-0.3, -0.25) is 9.69 Å². The van der Waals surface area contributed by atoms with E-state index in [1.807, 2.05) is 10.2 Å². The number of halogens is 3. The lowest BCUT2D eigenvalue weighted by Crippen LogP contribution is -2.47. The molecule has 7 heteroatoms. The van der Waals surface area contributed by atoms with Gasteiger partial charge >= 0.3 is 6.18 Å². The van der Waals surface area contributed by atoms with E-state index in [2.05, 4.69) is 6.92 Å². The number of carbonyl (C=O) groups excluding carboxylic acids is 1. The van der Waals surface area contributed by atoms with Gasteiger partial charge < -0.3 is 11.1 Å². The summed E-state index contributed by atoms with van der Waals surface area (Å²) in [4.78, 5) is 13.2. The van der Waals surface area contributed by atoms with Crippen LogP contribution in [0.3, 0.4) is 0 Å². The monoisotopic (exact) mass is 267 g/mol. The molecule has 2 unspecified atom stereocenters. The molecule has 0 bridgehead atoms. The van der Waals surface area contributed by atoms with Crippen molar-refractivity contribution in [2.24, 2.45) is 17.6 Å². The Morgan fingerprint density at radius 1 is 1.50 bits per heavy atom. The molecule has 1 amide bonds. The fourth-order valence-corrected chi connectivity index (χ4v) is 2.13. The van der Waals surface area contributed by atoms with Crippen LogP contribution in [0.15, 0.2) is 0 Å². The summed E-state index contributed by atoms with van der Waals surface area (Å²) in [5.41, 5.74) is 5.63. The van der Waals surface area contributed by atoms with Gasteiger partial charge in [0.15, 0.2) is 0 Å². The Labute approximate surface area is 105 Å². The van der Waals surface area contributed by atoms with Gasteiger partial charge in [-0.05, 0) is 31.3 Å². The normalized spacial score (nSPS) is 26.1. The van der Waals surface area contributed by atoms with Crippen LogP contribution < -0.4 is 11.1 Å². The van der Waals surface area contributed by atoms with Crippen LogP contribution in [-0.4, -0.2) is 49.7 Å². The maximum atomic E-state index is 11.9. The van der Waals surface area contributed by atoms with Crippen molar-refractivity contribution in [3.8, 4) is 0 Å². The van der Waals surface area contributed by atoms with E-state index in [1.54, 1.807) is 0 Å². The number of hydrogen-bond acceptors (Lipinski definition) is 3. The number of nitrogens with one attached hydrogen (secondary N) is 1. The maximum Gasteiger partial charge on any atom is 0.405 e. The van der Waals surface area contributed by atoms with E-state index >= 15 is 0 Å². The lowest BCUT2D eigenvalue weighted by molar-refractivity contribution is -0.139. The zero-order valence-electron chi connectivity index (χ0n) is 10.5. The van der Waals surface area contributed by atoms with E-state index in [1.165, 1.54) is 0 Å². The Morgan fingerprint density at radius 2 is 2.17 bits per heavy atom. The molecule has 1 rings (SSSR count). The number of hydrogen-bond donors (Lipinski definition) is 2. The molecule has 0 aromatic carbocycles. The molecule has 0 aromatic rings. The highest BCUT2D eigenvalue weighted by Gasteiger charge is 2.29. The topological polar surface area (TPSA) is 58.4 Å². The number of rotatable bonds is 4. The third-order valence-corrected chi connectivity index (χ3v) is 3.35. The Bertz CT molecular complexity index is 283. The molecule has 0 radical (unpaired) electrons. The summed E-state index contributed by atoms with van der Waals surface area (Å²) in [6.07, 6.45) is -3.43. The van der Waals surface area contributed by atoms with Gasteiger partial charge in [-0.15, -0.1) is 0 Å². The van der Waals surface area contributed by atoms with Crippen LogP contribution in [0.4, 0.5) is 13.2 Å². The highest BCUT2D eigenvalue weighted by atomic mass is 19.4. The Balaban J connectivity index is 2.32. The quantitative estimate of drug-likeness (QED) is 0.783. The first-order valence-corrected chi connectivity index (χ1v) is 6.07. The number of piperidine rings is 1. The van der Waals surface area contributed by atoms with Gasteiger partial charge in [0.1, 0.15) is 6.54 Å². The number of nitrogens with zero attached hydrogens (tertiary/aromatic N) is 1. The molecule has 0 aromatic heterocycles. The van der Waals surface area contributed by atoms with Gasteiger partial charge in [-0.1, -0.05) is 6.92 Å². The summed E-state index contributed by atoms with van der Waals surface area (Å²) in [7, 11) is 0. The van der Waals surface area contributed by atoms with Crippen LogP contribution in [0.1, 0.15) is 13.3 Å². The summed E-state index contributed by atoms with van der Waals surface area (Å²) in [5, 5.41) is 1.88. The van der Waals surface area contributed by atoms with E-state index in [4.69, 9.17) is 5.73 Å². The third-order valence-electron chi connectivity index (χ3n) is 3.35. The molecule has 3 N–H and O–H groups in total. The van der Waals surface area contributed by atoms with Gasteiger partial charge in [0.2, 0.25) is 5.91 Å². The number of carbonyl (C=O) groups is 1. The third kappa shape index (κ3) is 5.22. The van der Waals surface area contributed by atoms with Gasteiger partial charge in [-0.2, -0.15) is 13.2 Å². The Morgan fingerprint density at radius 3 is 2.72 bits per heavy atom. The molecule has 0 spiro atoms. The van der Waals surface area contributed by atoms with Crippen LogP contribution in [0, 0.1) is 11.8 Å². The number of likely N-dealkylation sites (tertiary alicyclic amines) is 1. The number of alkyl halides is 3. The first-order valence-electron chi connectivity index (χ1n) is 6.07. The minimum Gasteiger partial charge on any atom is -0.346 e. The van der Waals surface area contributed by atoms with Crippen LogP contribution in [0.2, 0.25) is 0 Å². The number of nitrogens with two attached hydrogens (primary N) is 1. The molecule has 106 valence electrons. The van der Waals surface area contributed by atoms with Crippen molar-refractivity contribution in [3.05, 3.63) is 0 Å². The van der Waals surface area contributed by atoms with E-state index in [9.17, 15) is 18.0 Å². The van der Waals surface area contributed by atoms with Crippen LogP contribution in [0.5, 0.6) is 0 Å². The van der Waals surface area contributed by atoms with Gasteiger partial charge in [-0.25, -0.2) is 0 Å². The second kappa shape index (κ2) is 6.38. The molecule has 1 fully saturated rings. The fourth-order valence-electron chi connectivity index (χ4n) is 2.13. The van der Waals surface area contributed by atoms with E-state index < -0.39 is 18.6 Å². The lowest BCUT2D eigenvalue weighted by Gasteiger charge is -2.36. The van der Waals surface area contributed by atoms with E-state index in [-0.39, 0.29) is 6.54 Å². The van der Waals surface area contributed by atoms with Gasteiger partial charge in [0, 0.05) is 6.54 Å². The lowest BCUT2D eigenvalue weighted by atomic mass is 9.87. The van der Waals surface area contributed by atoms with Crippen LogP contribution in [-0.2, 0) is 4.79 Å². The second-order valence-corrected chi connectivity index (χ2v) is 4.89. The van der Waals surface area contributed by atoms with Crippen molar-refractivity contribution in [3.63, 3.8) is 0 Å². The summed E-state index contributed by atoms with van der Waals surface area (Å²) < 4.78 is 35.8. The predicted octanol–water partition coefficient (Wildman–Crippen LogP) is 0.582.